The van der Waals surface area contributed by atoms with E-state index in [1.165, 1.54) is 11.1 Å². The van der Waals surface area contributed by atoms with Gasteiger partial charge in [0, 0.05) is 26.2 Å². The standard InChI is InChI=1S/C17H22N2O3/c20-16(14-10-15(14)17(21)22)18-7-3-8-19-9-6-12-4-1-2-5-13(12)11-19/h1-2,4-5,14-15H,3,6-11H2,(H,18,20)(H,21,22). The van der Waals surface area contributed by atoms with Gasteiger partial charge in [-0.15, -0.1) is 0 Å². The van der Waals surface area contributed by atoms with Crippen LogP contribution >= 0.6 is 0 Å². The van der Waals surface area contributed by atoms with Gasteiger partial charge >= 0.3 is 5.97 Å². The molecule has 2 aliphatic rings. The van der Waals surface area contributed by atoms with Crippen molar-refractivity contribution in [2.45, 2.75) is 25.8 Å². The van der Waals surface area contributed by atoms with Crippen molar-refractivity contribution in [3.05, 3.63) is 35.4 Å². The molecule has 1 aromatic carbocycles. The molecule has 2 atom stereocenters. The van der Waals surface area contributed by atoms with E-state index >= 15 is 0 Å². The number of fused-ring (bicyclic) bond motifs is 1. The van der Waals surface area contributed by atoms with Crippen LogP contribution in [0.5, 0.6) is 0 Å². The molecule has 0 aromatic heterocycles. The summed E-state index contributed by atoms with van der Waals surface area (Å²) in [6, 6.07) is 8.55. The summed E-state index contributed by atoms with van der Waals surface area (Å²) in [5.41, 5.74) is 2.85. The lowest BCUT2D eigenvalue weighted by molar-refractivity contribution is -0.140. The molecule has 1 aliphatic carbocycles. The summed E-state index contributed by atoms with van der Waals surface area (Å²) in [4.78, 5) is 24.9. The van der Waals surface area contributed by atoms with E-state index in [0.29, 0.717) is 13.0 Å². The lowest BCUT2D eigenvalue weighted by Crippen LogP contribution is -2.34. The Morgan fingerprint density at radius 3 is 2.73 bits per heavy atom. The highest BCUT2D eigenvalue weighted by Crippen LogP contribution is 2.38. The molecule has 5 nitrogen and oxygen atoms in total. The van der Waals surface area contributed by atoms with Crippen LogP contribution in [0.4, 0.5) is 0 Å². The Morgan fingerprint density at radius 1 is 1.23 bits per heavy atom. The number of nitrogens with zero attached hydrogens (tertiary/aromatic N) is 1. The Kier molecular flexibility index (Phi) is 4.43. The van der Waals surface area contributed by atoms with Crippen molar-refractivity contribution >= 4 is 11.9 Å². The second-order valence-corrected chi connectivity index (χ2v) is 6.23. The Balaban J connectivity index is 1.35. The minimum atomic E-state index is -0.855. The van der Waals surface area contributed by atoms with Gasteiger partial charge in [-0.3, -0.25) is 14.5 Å². The van der Waals surface area contributed by atoms with E-state index in [0.717, 1.165) is 32.5 Å². The van der Waals surface area contributed by atoms with E-state index in [9.17, 15) is 9.59 Å². The summed E-state index contributed by atoms with van der Waals surface area (Å²) in [5.74, 6) is -1.72. The van der Waals surface area contributed by atoms with Crippen LogP contribution in [-0.4, -0.2) is 41.5 Å². The van der Waals surface area contributed by atoms with Crippen LogP contribution in [-0.2, 0) is 22.6 Å². The molecule has 0 spiro atoms. The molecule has 1 saturated carbocycles. The largest absolute Gasteiger partial charge is 0.481 e. The molecule has 2 N–H and O–H groups in total. The van der Waals surface area contributed by atoms with Crippen molar-refractivity contribution in [3.63, 3.8) is 0 Å². The third-order valence-corrected chi connectivity index (χ3v) is 4.60. The smallest absolute Gasteiger partial charge is 0.307 e. The predicted molar refractivity (Wildman–Crippen MR) is 82.3 cm³/mol. The summed E-state index contributed by atoms with van der Waals surface area (Å²) in [6.07, 6.45) is 2.48. The van der Waals surface area contributed by atoms with Gasteiger partial charge in [0.15, 0.2) is 0 Å². The summed E-state index contributed by atoms with van der Waals surface area (Å²) in [7, 11) is 0. The summed E-state index contributed by atoms with van der Waals surface area (Å²) < 4.78 is 0. The molecule has 0 bridgehead atoms. The number of hydrogen-bond donors (Lipinski definition) is 2. The third kappa shape index (κ3) is 3.47. The van der Waals surface area contributed by atoms with Crippen LogP contribution in [0, 0.1) is 11.8 Å². The second kappa shape index (κ2) is 6.48. The number of carboxylic acids is 1. The van der Waals surface area contributed by atoms with Crippen molar-refractivity contribution in [1.29, 1.82) is 0 Å². The number of benzene rings is 1. The van der Waals surface area contributed by atoms with E-state index in [-0.39, 0.29) is 11.8 Å². The maximum atomic E-state index is 11.7. The molecule has 22 heavy (non-hydrogen) atoms. The quantitative estimate of drug-likeness (QED) is 0.777. The van der Waals surface area contributed by atoms with Crippen molar-refractivity contribution in [1.82, 2.24) is 10.2 Å². The van der Waals surface area contributed by atoms with E-state index < -0.39 is 11.9 Å². The van der Waals surface area contributed by atoms with Crippen molar-refractivity contribution in [2.75, 3.05) is 19.6 Å². The Morgan fingerprint density at radius 2 is 2.00 bits per heavy atom. The van der Waals surface area contributed by atoms with Gasteiger partial charge in [0.2, 0.25) is 5.91 Å². The van der Waals surface area contributed by atoms with Crippen molar-refractivity contribution in [3.8, 4) is 0 Å². The van der Waals surface area contributed by atoms with E-state index in [1.807, 2.05) is 0 Å². The fraction of sp³-hybridized carbons (Fsp3) is 0.529. The van der Waals surface area contributed by atoms with Gasteiger partial charge in [-0.2, -0.15) is 0 Å². The number of carbonyl (C=O) groups is 2. The van der Waals surface area contributed by atoms with Crippen LogP contribution in [0.15, 0.2) is 24.3 Å². The Hall–Kier alpha value is -1.88. The minimum absolute atomic E-state index is 0.101. The molecule has 118 valence electrons. The molecule has 1 aliphatic heterocycles. The first-order valence-electron chi connectivity index (χ1n) is 7.95. The van der Waals surface area contributed by atoms with E-state index in [1.54, 1.807) is 0 Å². The molecular formula is C17H22N2O3. The van der Waals surface area contributed by atoms with Crippen LogP contribution in [0.2, 0.25) is 0 Å². The molecule has 5 heteroatoms. The first-order chi connectivity index (χ1) is 10.6. The van der Waals surface area contributed by atoms with Crippen molar-refractivity contribution in [2.24, 2.45) is 11.8 Å². The lowest BCUT2D eigenvalue weighted by Gasteiger charge is -2.28. The fourth-order valence-corrected chi connectivity index (χ4v) is 3.15. The molecule has 1 fully saturated rings. The highest BCUT2D eigenvalue weighted by atomic mass is 16.4. The highest BCUT2D eigenvalue weighted by Gasteiger charge is 2.48. The number of rotatable bonds is 6. The van der Waals surface area contributed by atoms with Crippen LogP contribution in [0.1, 0.15) is 24.0 Å². The number of hydrogen-bond acceptors (Lipinski definition) is 3. The first kappa shape index (κ1) is 15.0. The second-order valence-electron chi connectivity index (χ2n) is 6.23. The lowest BCUT2D eigenvalue weighted by atomic mass is 10.00. The van der Waals surface area contributed by atoms with Gasteiger partial charge in [-0.05, 0) is 30.4 Å². The summed E-state index contributed by atoms with van der Waals surface area (Å²) in [6.45, 7) is 3.63. The number of nitrogens with one attached hydrogen (secondary N) is 1. The Labute approximate surface area is 130 Å². The maximum Gasteiger partial charge on any atom is 0.307 e. The summed E-state index contributed by atoms with van der Waals surface area (Å²) >= 11 is 0. The molecule has 0 saturated heterocycles. The number of carbonyl (C=O) groups excluding carboxylic acids is 1. The number of amides is 1. The average molecular weight is 302 g/mol. The van der Waals surface area contributed by atoms with Crippen LogP contribution in [0.3, 0.4) is 0 Å². The first-order valence-corrected chi connectivity index (χ1v) is 7.95. The van der Waals surface area contributed by atoms with Gasteiger partial charge in [0.25, 0.3) is 0 Å². The van der Waals surface area contributed by atoms with Gasteiger partial charge < -0.3 is 10.4 Å². The Bertz CT molecular complexity index is 573. The van der Waals surface area contributed by atoms with Gasteiger partial charge in [-0.1, -0.05) is 24.3 Å². The normalized spacial score (nSPS) is 23.6. The van der Waals surface area contributed by atoms with Crippen LogP contribution < -0.4 is 5.32 Å². The van der Waals surface area contributed by atoms with Gasteiger partial charge in [0.1, 0.15) is 0 Å². The van der Waals surface area contributed by atoms with Crippen LogP contribution in [0.25, 0.3) is 0 Å². The summed E-state index contributed by atoms with van der Waals surface area (Å²) in [5, 5.41) is 11.7. The van der Waals surface area contributed by atoms with E-state index in [2.05, 4.69) is 34.5 Å². The maximum absolute atomic E-state index is 11.7. The molecule has 2 unspecified atom stereocenters. The molecular weight excluding hydrogens is 280 g/mol. The SMILES string of the molecule is O=C(O)C1CC1C(=O)NCCCN1CCc2ccccc2C1. The van der Waals surface area contributed by atoms with E-state index in [4.69, 9.17) is 5.11 Å². The number of carboxylic acid groups (broad SMARTS) is 1. The topological polar surface area (TPSA) is 69.6 Å². The molecule has 1 aromatic rings. The minimum Gasteiger partial charge on any atom is -0.481 e. The number of aliphatic carboxylic acids is 1. The van der Waals surface area contributed by atoms with Crippen molar-refractivity contribution < 1.29 is 14.7 Å². The monoisotopic (exact) mass is 302 g/mol. The zero-order valence-electron chi connectivity index (χ0n) is 12.6. The average Bonchev–Trinajstić information content (AvgIpc) is 3.32. The van der Waals surface area contributed by atoms with Gasteiger partial charge in [0.05, 0.1) is 11.8 Å². The molecule has 1 heterocycles. The highest BCUT2D eigenvalue weighted by molar-refractivity contribution is 5.89. The molecule has 0 radical (unpaired) electrons. The fourth-order valence-electron chi connectivity index (χ4n) is 3.15. The third-order valence-electron chi connectivity index (χ3n) is 4.60. The zero-order chi connectivity index (χ0) is 15.5. The predicted octanol–water partition coefficient (Wildman–Crippen LogP) is 1.27. The zero-order valence-corrected chi connectivity index (χ0v) is 12.6. The van der Waals surface area contributed by atoms with Gasteiger partial charge in [-0.25, -0.2) is 0 Å². The molecule has 1 amide bonds. The molecule has 3 rings (SSSR count).